The van der Waals surface area contributed by atoms with Gasteiger partial charge in [0, 0.05) is 30.4 Å². The van der Waals surface area contributed by atoms with Gasteiger partial charge >= 0.3 is 11.9 Å². The molecule has 0 atom stereocenters. The highest BCUT2D eigenvalue weighted by molar-refractivity contribution is 6.04. The summed E-state index contributed by atoms with van der Waals surface area (Å²) in [4.78, 5) is 54.7. The first-order valence-electron chi connectivity index (χ1n) is 15.3. The molecule has 1 aliphatic heterocycles. The number of aromatic nitrogens is 5. The molecule has 1 aromatic carbocycles. The summed E-state index contributed by atoms with van der Waals surface area (Å²) in [7, 11) is 0. The summed E-state index contributed by atoms with van der Waals surface area (Å²) in [5, 5.41) is 5.67. The Balaban J connectivity index is 1.15. The number of alkyl halides is 3. The maximum atomic E-state index is 14.3. The molecule has 0 unspecified atom stereocenters. The van der Waals surface area contributed by atoms with E-state index in [0.29, 0.717) is 81.8 Å². The van der Waals surface area contributed by atoms with Gasteiger partial charge in [-0.15, -0.1) is 0 Å². The molecular formula is C31H32F3N9O4. The van der Waals surface area contributed by atoms with Crippen molar-refractivity contribution in [3.05, 3.63) is 70.5 Å². The van der Waals surface area contributed by atoms with E-state index in [1.807, 2.05) is 0 Å². The summed E-state index contributed by atoms with van der Waals surface area (Å²) in [6.07, 6.45) is 1.02. The van der Waals surface area contributed by atoms with Crippen LogP contribution in [0.15, 0.2) is 53.7 Å². The zero-order valence-electron chi connectivity index (χ0n) is 25.2. The number of carbonyl (C=O) groups is 2. The van der Waals surface area contributed by atoms with Crippen molar-refractivity contribution < 1.29 is 27.5 Å². The van der Waals surface area contributed by atoms with E-state index in [9.17, 15) is 27.6 Å². The van der Waals surface area contributed by atoms with E-state index in [0.717, 1.165) is 18.3 Å². The molecule has 13 nitrogen and oxygen atoms in total. The number of nitrogen functional groups attached to an aromatic ring is 1. The number of amides is 2. The fraction of sp³-hybridized carbons (Fsp3) is 0.419. The molecule has 4 N–H and O–H groups in total. The van der Waals surface area contributed by atoms with E-state index in [-0.39, 0.29) is 28.8 Å². The van der Waals surface area contributed by atoms with Gasteiger partial charge in [-0.2, -0.15) is 13.2 Å². The van der Waals surface area contributed by atoms with Crippen LogP contribution in [0, 0.1) is 0 Å². The zero-order valence-corrected chi connectivity index (χ0v) is 25.2. The third-order valence-corrected chi connectivity index (χ3v) is 9.52. The highest BCUT2D eigenvalue weighted by atomic mass is 19.4. The Bertz CT molecular complexity index is 1910. The van der Waals surface area contributed by atoms with Crippen LogP contribution in [0.25, 0.3) is 16.9 Å². The lowest BCUT2D eigenvalue weighted by atomic mass is 9.91. The quantitative estimate of drug-likeness (QED) is 0.273. The number of fused-ring (bicyclic) bond motifs is 3. The first kappa shape index (κ1) is 30.8. The van der Waals surface area contributed by atoms with Gasteiger partial charge in [0.05, 0.1) is 36.5 Å². The van der Waals surface area contributed by atoms with Crippen LogP contribution < -0.4 is 22.1 Å². The Kier molecular flexibility index (Phi) is 7.50. The SMILES string of the molecule is Nc1ncnc2c1n(-c1ccc(C(=O)Nc3cc(C(F)(F)F)ccn3)cc1)c(=O)n2C12CCC(NC(=O)CN3CCOCC3)(CC1)C2. The van der Waals surface area contributed by atoms with Crippen molar-refractivity contribution in [1.29, 1.82) is 0 Å². The van der Waals surface area contributed by atoms with Crippen molar-refractivity contribution in [2.45, 2.75) is 49.4 Å². The molecule has 4 aromatic rings. The molecule has 2 amide bonds. The molecule has 4 heterocycles. The molecule has 2 aliphatic carbocycles. The van der Waals surface area contributed by atoms with E-state index in [1.54, 1.807) is 16.7 Å². The van der Waals surface area contributed by atoms with Gasteiger partial charge in [0.15, 0.2) is 11.5 Å². The molecule has 2 bridgehead atoms. The average molecular weight is 652 g/mol. The minimum Gasteiger partial charge on any atom is -0.382 e. The van der Waals surface area contributed by atoms with Gasteiger partial charge in [-0.1, -0.05) is 0 Å². The number of morpholine rings is 1. The average Bonchev–Trinajstić information content (AvgIpc) is 3.69. The van der Waals surface area contributed by atoms with Crippen molar-refractivity contribution in [3.63, 3.8) is 0 Å². The van der Waals surface area contributed by atoms with Gasteiger partial charge < -0.3 is 21.1 Å². The molecular weight excluding hydrogens is 619 g/mol. The second-order valence-corrected chi connectivity index (χ2v) is 12.4. The zero-order chi connectivity index (χ0) is 33.0. The van der Waals surface area contributed by atoms with Gasteiger partial charge in [0.2, 0.25) is 5.91 Å². The predicted molar refractivity (Wildman–Crippen MR) is 164 cm³/mol. The van der Waals surface area contributed by atoms with Crippen LogP contribution in [0.2, 0.25) is 0 Å². The second kappa shape index (κ2) is 11.5. The van der Waals surface area contributed by atoms with Crippen molar-refractivity contribution in [2.75, 3.05) is 43.9 Å². The Morgan fingerprint density at radius 3 is 2.43 bits per heavy atom. The second-order valence-electron chi connectivity index (χ2n) is 12.4. The number of benzene rings is 1. The molecule has 47 heavy (non-hydrogen) atoms. The van der Waals surface area contributed by atoms with Crippen molar-refractivity contribution >= 4 is 34.6 Å². The molecule has 3 aromatic heterocycles. The summed E-state index contributed by atoms with van der Waals surface area (Å²) >= 11 is 0. The van der Waals surface area contributed by atoms with Gasteiger partial charge in [-0.05, 0) is 68.5 Å². The van der Waals surface area contributed by atoms with Gasteiger partial charge in [0.25, 0.3) is 5.91 Å². The van der Waals surface area contributed by atoms with Gasteiger partial charge in [0.1, 0.15) is 17.7 Å². The van der Waals surface area contributed by atoms with E-state index in [4.69, 9.17) is 10.5 Å². The highest BCUT2D eigenvalue weighted by Crippen LogP contribution is 2.55. The summed E-state index contributed by atoms with van der Waals surface area (Å²) in [5.41, 5.74) is 5.19. The van der Waals surface area contributed by atoms with Crippen LogP contribution in [0.1, 0.15) is 48.0 Å². The summed E-state index contributed by atoms with van der Waals surface area (Å²) in [6, 6.07) is 7.55. The summed E-state index contributed by atoms with van der Waals surface area (Å²) in [6.45, 7) is 2.92. The normalized spacial score (nSPS) is 22.9. The largest absolute Gasteiger partial charge is 0.416 e. The molecule has 16 heteroatoms. The fourth-order valence-corrected chi connectivity index (χ4v) is 7.29. The molecule has 246 valence electrons. The van der Waals surface area contributed by atoms with E-state index >= 15 is 0 Å². The number of rotatable bonds is 7. The molecule has 3 fully saturated rings. The standard InChI is InChI=1S/C31H32F3N9O4/c32-31(33,34)20-5-10-36-22(15-20)39-27(45)19-1-3-21(4-2-19)42-24-25(35)37-18-38-26(24)43(28(42)46)30-8-6-29(17-30,7-9-30)40-23(44)16-41-11-13-47-14-12-41/h1-5,10,15,18H,6-9,11-14,16-17H2,(H,40,44)(H2,35,37,38)(H,36,39,45). The number of ether oxygens (including phenoxy) is 1. The lowest BCUT2D eigenvalue weighted by molar-refractivity contribution is -0.137. The molecule has 3 aliphatic rings. The van der Waals surface area contributed by atoms with E-state index in [2.05, 4.69) is 30.5 Å². The Labute approximate surface area is 265 Å². The number of pyridine rings is 1. The van der Waals surface area contributed by atoms with Crippen LogP contribution >= 0.6 is 0 Å². The Morgan fingerprint density at radius 2 is 1.72 bits per heavy atom. The number of hydrogen-bond donors (Lipinski definition) is 3. The van der Waals surface area contributed by atoms with Crippen LogP contribution in [-0.4, -0.2) is 79.2 Å². The number of nitrogens with zero attached hydrogens (tertiary/aromatic N) is 6. The van der Waals surface area contributed by atoms with Crippen molar-refractivity contribution in [3.8, 4) is 5.69 Å². The molecule has 1 saturated heterocycles. The van der Waals surface area contributed by atoms with E-state index in [1.165, 1.54) is 23.0 Å². The third kappa shape index (κ3) is 5.60. The van der Waals surface area contributed by atoms with Crippen LogP contribution in [0.5, 0.6) is 0 Å². The Morgan fingerprint density at radius 1 is 1.00 bits per heavy atom. The lowest BCUT2D eigenvalue weighted by Crippen LogP contribution is -2.50. The topological polar surface area (TPSA) is 162 Å². The number of carbonyl (C=O) groups excluding carboxylic acids is 2. The first-order valence-corrected chi connectivity index (χ1v) is 15.3. The fourth-order valence-electron chi connectivity index (χ4n) is 7.29. The van der Waals surface area contributed by atoms with Gasteiger partial charge in [-0.3, -0.25) is 23.6 Å². The minimum absolute atomic E-state index is 0.0427. The monoisotopic (exact) mass is 651 g/mol. The first-order chi connectivity index (χ1) is 22.5. The van der Waals surface area contributed by atoms with E-state index < -0.39 is 28.7 Å². The number of imidazole rings is 1. The van der Waals surface area contributed by atoms with Crippen molar-refractivity contribution in [1.82, 2.24) is 34.3 Å². The van der Waals surface area contributed by atoms with Gasteiger partial charge in [-0.25, -0.2) is 19.7 Å². The number of nitrogens with one attached hydrogen (secondary N) is 2. The maximum Gasteiger partial charge on any atom is 0.416 e. The molecule has 0 spiro atoms. The number of halogens is 3. The highest BCUT2D eigenvalue weighted by Gasteiger charge is 2.57. The van der Waals surface area contributed by atoms with Crippen LogP contribution in [0.3, 0.4) is 0 Å². The Hall–Kier alpha value is -4.83. The van der Waals surface area contributed by atoms with Crippen molar-refractivity contribution in [2.24, 2.45) is 0 Å². The molecule has 7 rings (SSSR count). The predicted octanol–water partition coefficient (Wildman–Crippen LogP) is 2.69. The molecule has 2 saturated carbocycles. The summed E-state index contributed by atoms with van der Waals surface area (Å²) in [5.74, 6) is -0.873. The minimum atomic E-state index is -4.59. The number of hydrogen-bond acceptors (Lipinski definition) is 9. The number of nitrogens with two attached hydrogens (primary N) is 1. The molecule has 0 radical (unpaired) electrons. The lowest BCUT2D eigenvalue weighted by Gasteiger charge is -2.31. The number of anilines is 2. The van der Waals surface area contributed by atoms with Crippen LogP contribution in [-0.2, 0) is 21.2 Å². The van der Waals surface area contributed by atoms with Crippen LogP contribution in [0.4, 0.5) is 24.8 Å². The summed E-state index contributed by atoms with van der Waals surface area (Å²) < 4.78 is 47.8. The smallest absolute Gasteiger partial charge is 0.382 e. The third-order valence-electron chi connectivity index (χ3n) is 9.52. The maximum absolute atomic E-state index is 14.3.